The summed E-state index contributed by atoms with van der Waals surface area (Å²) in [5.74, 6) is -2.55. The topological polar surface area (TPSA) is 83.8 Å². The van der Waals surface area contributed by atoms with Gasteiger partial charge in [0.1, 0.15) is 11.5 Å². The Hall–Kier alpha value is -2.04. The van der Waals surface area contributed by atoms with Gasteiger partial charge in [0, 0.05) is 0 Å². The molecule has 0 radical (unpaired) electrons. The van der Waals surface area contributed by atoms with E-state index in [0.717, 1.165) is 6.07 Å². The number of esters is 1. The molecule has 1 aromatic rings. The van der Waals surface area contributed by atoms with Gasteiger partial charge in [-0.2, -0.15) is 0 Å². The van der Waals surface area contributed by atoms with Crippen molar-refractivity contribution in [3.63, 3.8) is 0 Å². The molecular weight excluding hydrogens is 212 g/mol. The van der Waals surface area contributed by atoms with E-state index in [1.165, 1.54) is 6.07 Å². The van der Waals surface area contributed by atoms with E-state index in [2.05, 4.69) is 4.74 Å². The van der Waals surface area contributed by atoms with Crippen molar-refractivity contribution in [1.29, 1.82) is 0 Å². The largest absolute Gasteiger partial charge is 0.508 e. The number of Topliss-reactive ketones (excluding diaryl/α,β-unsaturated/α-hetero) is 1. The molecular formula is C11H12O5. The van der Waals surface area contributed by atoms with Crippen LogP contribution in [0.3, 0.4) is 0 Å². The Kier molecular flexibility index (Phi) is 3.50. The normalized spacial score (nSPS) is 9.88. The summed E-state index contributed by atoms with van der Waals surface area (Å²) in [6, 6.07) is 2.26. The Morgan fingerprint density at radius 2 is 1.88 bits per heavy atom. The fourth-order valence-electron chi connectivity index (χ4n) is 1.17. The van der Waals surface area contributed by atoms with Gasteiger partial charge in [-0.25, -0.2) is 4.79 Å². The fraction of sp³-hybridized carbons (Fsp3) is 0.273. The maximum absolute atomic E-state index is 11.5. The summed E-state index contributed by atoms with van der Waals surface area (Å²) >= 11 is 0. The molecule has 0 aliphatic carbocycles. The van der Waals surface area contributed by atoms with Gasteiger partial charge in [-0.15, -0.1) is 0 Å². The Labute approximate surface area is 92.3 Å². The SMILES string of the molecule is CCOC(=O)C(=O)c1cc(O)c(C)cc1O. The van der Waals surface area contributed by atoms with Crippen LogP contribution < -0.4 is 0 Å². The first-order chi connectivity index (χ1) is 7.47. The standard InChI is InChI=1S/C11H12O5/c1-3-16-11(15)10(14)7-5-8(12)6(2)4-9(7)13/h4-5,12-13H,3H2,1-2H3. The lowest BCUT2D eigenvalue weighted by atomic mass is 10.1. The minimum Gasteiger partial charge on any atom is -0.508 e. The highest BCUT2D eigenvalue weighted by Crippen LogP contribution is 2.26. The Morgan fingerprint density at radius 1 is 1.25 bits per heavy atom. The quantitative estimate of drug-likeness (QED) is 0.348. The number of aromatic hydroxyl groups is 2. The smallest absolute Gasteiger partial charge is 0.379 e. The molecule has 0 unspecified atom stereocenters. The number of ketones is 1. The molecule has 86 valence electrons. The molecule has 5 heteroatoms. The molecule has 0 heterocycles. The Morgan fingerprint density at radius 3 is 2.44 bits per heavy atom. The first-order valence-corrected chi connectivity index (χ1v) is 4.71. The van der Waals surface area contributed by atoms with E-state index in [1.54, 1.807) is 13.8 Å². The second-order valence-electron chi connectivity index (χ2n) is 3.21. The average molecular weight is 224 g/mol. The van der Waals surface area contributed by atoms with E-state index in [-0.39, 0.29) is 23.7 Å². The van der Waals surface area contributed by atoms with Gasteiger partial charge < -0.3 is 14.9 Å². The van der Waals surface area contributed by atoms with Crippen LogP contribution in [0.5, 0.6) is 11.5 Å². The van der Waals surface area contributed by atoms with Gasteiger partial charge >= 0.3 is 5.97 Å². The van der Waals surface area contributed by atoms with Crippen molar-refractivity contribution in [3.8, 4) is 11.5 Å². The molecule has 0 bridgehead atoms. The van der Waals surface area contributed by atoms with Crippen LogP contribution in [-0.4, -0.2) is 28.6 Å². The summed E-state index contributed by atoms with van der Waals surface area (Å²) in [6.45, 7) is 3.20. The third-order valence-electron chi connectivity index (χ3n) is 2.02. The van der Waals surface area contributed by atoms with Crippen molar-refractivity contribution in [2.24, 2.45) is 0 Å². The first-order valence-electron chi connectivity index (χ1n) is 4.71. The number of hydrogen-bond acceptors (Lipinski definition) is 5. The lowest BCUT2D eigenvalue weighted by Crippen LogP contribution is -2.17. The molecule has 0 aliphatic rings. The molecule has 0 fully saturated rings. The van der Waals surface area contributed by atoms with Crippen molar-refractivity contribution in [2.75, 3.05) is 6.61 Å². The van der Waals surface area contributed by atoms with Crippen LogP contribution in [0.15, 0.2) is 12.1 Å². The molecule has 0 saturated carbocycles. The third kappa shape index (κ3) is 2.31. The molecule has 0 saturated heterocycles. The number of hydrogen-bond donors (Lipinski definition) is 2. The minimum absolute atomic E-state index is 0.0726. The summed E-state index contributed by atoms with van der Waals surface area (Å²) in [7, 11) is 0. The number of phenolic OH excluding ortho intramolecular Hbond substituents is 2. The summed E-state index contributed by atoms with van der Waals surface area (Å²) in [5, 5.41) is 18.8. The molecule has 0 atom stereocenters. The average Bonchev–Trinajstić information content (AvgIpc) is 2.23. The molecule has 1 aromatic carbocycles. The molecule has 1 rings (SSSR count). The number of ether oxygens (including phenoxy) is 1. The van der Waals surface area contributed by atoms with E-state index < -0.39 is 11.8 Å². The van der Waals surface area contributed by atoms with Crippen LogP contribution >= 0.6 is 0 Å². The van der Waals surface area contributed by atoms with Gasteiger partial charge in [-0.3, -0.25) is 4.79 Å². The number of aryl methyl sites for hydroxylation is 1. The molecule has 0 spiro atoms. The molecule has 5 nitrogen and oxygen atoms in total. The predicted molar refractivity (Wildman–Crippen MR) is 55.5 cm³/mol. The minimum atomic E-state index is -1.05. The van der Waals surface area contributed by atoms with Crippen LogP contribution in [0.2, 0.25) is 0 Å². The van der Waals surface area contributed by atoms with Gasteiger partial charge in [0.05, 0.1) is 12.2 Å². The molecule has 0 amide bonds. The number of carbonyl (C=O) groups excluding carboxylic acids is 2. The number of phenols is 2. The van der Waals surface area contributed by atoms with Crippen molar-refractivity contribution >= 4 is 11.8 Å². The number of benzene rings is 1. The monoisotopic (exact) mass is 224 g/mol. The highest BCUT2D eigenvalue weighted by molar-refractivity contribution is 6.41. The zero-order valence-electron chi connectivity index (χ0n) is 8.98. The second-order valence-corrected chi connectivity index (χ2v) is 3.21. The summed E-state index contributed by atoms with van der Waals surface area (Å²) in [5.41, 5.74) is 0.152. The van der Waals surface area contributed by atoms with Crippen LogP contribution in [0.1, 0.15) is 22.8 Å². The summed E-state index contributed by atoms with van der Waals surface area (Å²) in [6.07, 6.45) is 0. The highest BCUT2D eigenvalue weighted by Gasteiger charge is 2.22. The van der Waals surface area contributed by atoms with E-state index >= 15 is 0 Å². The zero-order valence-corrected chi connectivity index (χ0v) is 8.98. The molecule has 16 heavy (non-hydrogen) atoms. The van der Waals surface area contributed by atoms with E-state index in [1.807, 2.05) is 0 Å². The molecule has 2 N–H and O–H groups in total. The Bertz CT molecular complexity index is 436. The fourth-order valence-corrected chi connectivity index (χ4v) is 1.17. The van der Waals surface area contributed by atoms with E-state index in [4.69, 9.17) is 0 Å². The number of carbonyl (C=O) groups is 2. The van der Waals surface area contributed by atoms with Crippen molar-refractivity contribution in [2.45, 2.75) is 13.8 Å². The zero-order chi connectivity index (χ0) is 12.3. The van der Waals surface area contributed by atoms with Gasteiger partial charge in [-0.1, -0.05) is 0 Å². The lowest BCUT2D eigenvalue weighted by Gasteiger charge is -2.06. The Balaban J connectivity index is 3.09. The second kappa shape index (κ2) is 4.65. The van der Waals surface area contributed by atoms with E-state index in [0.29, 0.717) is 5.56 Å². The molecule has 0 aromatic heterocycles. The van der Waals surface area contributed by atoms with E-state index in [9.17, 15) is 19.8 Å². The van der Waals surface area contributed by atoms with Crippen LogP contribution in [-0.2, 0) is 9.53 Å². The van der Waals surface area contributed by atoms with Crippen molar-refractivity contribution in [1.82, 2.24) is 0 Å². The van der Waals surface area contributed by atoms with Crippen molar-refractivity contribution < 1.29 is 24.5 Å². The van der Waals surface area contributed by atoms with Crippen molar-refractivity contribution in [3.05, 3.63) is 23.3 Å². The summed E-state index contributed by atoms with van der Waals surface area (Å²) < 4.78 is 4.50. The molecule has 0 aliphatic heterocycles. The third-order valence-corrected chi connectivity index (χ3v) is 2.02. The van der Waals surface area contributed by atoms with Gasteiger partial charge in [-0.05, 0) is 31.5 Å². The summed E-state index contributed by atoms with van der Waals surface area (Å²) in [4.78, 5) is 22.6. The van der Waals surface area contributed by atoms with Gasteiger partial charge in [0.15, 0.2) is 0 Å². The van der Waals surface area contributed by atoms with Gasteiger partial charge in [0.25, 0.3) is 5.78 Å². The first kappa shape index (κ1) is 12.0. The lowest BCUT2D eigenvalue weighted by molar-refractivity contribution is -0.137. The highest BCUT2D eigenvalue weighted by atomic mass is 16.5. The van der Waals surface area contributed by atoms with Crippen LogP contribution in [0.25, 0.3) is 0 Å². The maximum atomic E-state index is 11.5. The van der Waals surface area contributed by atoms with Crippen LogP contribution in [0, 0.1) is 6.92 Å². The maximum Gasteiger partial charge on any atom is 0.379 e. The van der Waals surface area contributed by atoms with Crippen LogP contribution in [0.4, 0.5) is 0 Å². The predicted octanol–water partition coefficient (Wildman–Crippen LogP) is 1.15. The van der Waals surface area contributed by atoms with Gasteiger partial charge in [0.2, 0.25) is 0 Å². The number of rotatable bonds is 3.